The molecule has 0 saturated heterocycles. The van der Waals surface area contributed by atoms with Gasteiger partial charge in [-0.2, -0.15) is 18.4 Å². The smallest absolute Gasteiger partial charge is 0.416 e. The normalized spacial score (nSPS) is 11.8. The molecule has 3 rings (SSSR count). The molecule has 0 amide bonds. The third-order valence-electron chi connectivity index (χ3n) is 3.89. The van der Waals surface area contributed by atoms with Gasteiger partial charge in [0, 0.05) is 22.8 Å². The molecular weight excluding hydrogens is 399 g/mol. The lowest BCUT2D eigenvalue weighted by atomic mass is 10.2. The lowest BCUT2D eigenvalue weighted by molar-refractivity contribution is -0.137. The van der Waals surface area contributed by atoms with Gasteiger partial charge in [0.05, 0.1) is 17.9 Å². The van der Waals surface area contributed by atoms with Crippen LogP contribution in [-0.4, -0.2) is 11.6 Å². The van der Waals surface area contributed by atoms with E-state index >= 15 is 0 Å². The second-order valence-corrected chi connectivity index (χ2v) is 6.75. The Kier molecular flexibility index (Phi) is 6.20. The van der Waals surface area contributed by atoms with E-state index in [0.29, 0.717) is 17.3 Å². The summed E-state index contributed by atoms with van der Waals surface area (Å²) in [6.45, 7) is 2.49. The van der Waals surface area contributed by atoms with Crippen molar-refractivity contribution in [1.82, 2.24) is 4.98 Å². The quantitative estimate of drug-likeness (QED) is 0.487. The van der Waals surface area contributed by atoms with E-state index in [2.05, 4.69) is 10.3 Å². The monoisotopic (exact) mass is 415 g/mol. The van der Waals surface area contributed by atoms with Crippen LogP contribution in [0.25, 0.3) is 16.8 Å². The van der Waals surface area contributed by atoms with Crippen molar-refractivity contribution in [2.24, 2.45) is 0 Å². The van der Waals surface area contributed by atoms with Crippen LogP contribution in [0.1, 0.15) is 17.5 Å². The van der Waals surface area contributed by atoms with Crippen LogP contribution in [0.3, 0.4) is 0 Å². The first kappa shape index (κ1) is 20.4. The lowest BCUT2D eigenvalue weighted by Gasteiger charge is -2.08. The second-order valence-electron chi connectivity index (χ2n) is 5.89. The van der Waals surface area contributed by atoms with Crippen molar-refractivity contribution < 1.29 is 17.9 Å². The fraction of sp³-hybridized carbons (Fsp3) is 0.143. The minimum atomic E-state index is -4.43. The largest absolute Gasteiger partial charge is 0.494 e. The first-order chi connectivity index (χ1) is 13.9. The molecule has 0 bridgehead atoms. The van der Waals surface area contributed by atoms with Crippen molar-refractivity contribution in [3.05, 3.63) is 70.7 Å². The number of halogens is 3. The Morgan fingerprint density at radius 3 is 2.66 bits per heavy atom. The Morgan fingerprint density at radius 2 is 2.00 bits per heavy atom. The highest BCUT2D eigenvalue weighted by molar-refractivity contribution is 7.11. The number of hydrogen-bond donors (Lipinski definition) is 1. The maximum absolute atomic E-state index is 12.8. The molecule has 0 fully saturated rings. The highest BCUT2D eigenvalue weighted by atomic mass is 32.1. The van der Waals surface area contributed by atoms with Crippen LogP contribution in [0, 0.1) is 11.3 Å². The second kappa shape index (κ2) is 8.80. The van der Waals surface area contributed by atoms with E-state index in [-0.39, 0.29) is 11.3 Å². The number of anilines is 1. The Labute approximate surface area is 169 Å². The highest BCUT2D eigenvalue weighted by Crippen LogP contribution is 2.31. The molecule has 0 radical (unpaired) electrons. The Balaban J connectivity index is 1.78. The summed E-state index contributed by atoms with van der Waals surface area (Å²) in [6, 6.07) is 14.2. The predicted octanol–water partition coefficient (Wildman–Crippen LogP) is 6.20. The molecule has 1 N–H and O–H groups in total. The van der Waals surface area contributed by atoms with Crippen LogP contribution in [-0.2, 0) is 6.18 Å². The van der Waals surface area contributed by atoms with Crippen LogP contribution in [0.2, 0.25) is 0 Å². The molecule has 3 aromatic rings. The SMILES string of the molecule is CCOc1ccc(-c2csc(C(C#N)=CNc3cccc(C(F)(F)F)c3)n2)cc1. The number of nitrogens with zero attached hydrogens (tertiary/aromatic N) is 2. The summed E-state index contributed by atoms with van der Waals surface area (Å²) >= 11 is 1.28. The van der Waals surface area contributed by atoms with Crippen LogP contribution in [0.5, 0.6) is 5.75 Å². The standard InChI is InChI=1S/C21H16F3N3OS/c1-2-28-18-8-6-14(7-9-18)19-13-29-20(27-19)15(11-25)12-26-17-5-3-4-16(10-17)21(22,23)24/h3-10,12-13,26H,2H2,1H3. The summed E-state index contributed by atoms with van der Waals surface area (Å²) in [5.41, 5.74) is 1.27. The molecule has 29 heavy (non-hydrogen) atoms. The van der Waals surface area contributed by atoms with Crippen molar-refractivity contribution in [1.29, 1.82) is 5.26 Å². The van der Waals surface area contributed by atoms with Crippen molar-refractivity contribution in [3.8, 4) is 23.1 Å². The molecule has 148 valence electrons. The molecule has 4 nitrogen and oxygen atoms in total. The third-order valence-corrected chi connectivity index (χ3v) is 4.76. The highest BCUT2D eigenvalue weighted by Gasteiger charge is 2.30. The van der Waals surface area contributed by atoms with Crippen molar-refractivity contribution in [3.63, 3.8) is 0 Å². The Hall–Kier alpha value is -3.31. The molecular formula is C21H16F3N3OS. The molecule has 0 aliphatic heterocycles. The van der Waals surface area contributed by atoms with Gasteiger partial charge in [-0.1, -0.05) is 6.07 Å². The van der Waals surface area contributed by atoms with E-state index in [1.54, 1.807) is 0 Å². The van der Waals surface area contributed by atoms with Crippen molar-refractivity contribution in [2.75, 3.05) is 11.9 Å². The van der Waals surface area contributed by atoms with Gasteiger partial charge in [0.1, 0.15) is 22.4 Å². The minimum absolute atomic E-state index is 0.226. The topological polar surface area (TPSA) is 57.9 Å². The van der Waals surface area contributed by atoms with E-state index in [1.165, 1.54) is 29.7 Å². The van der Waals surface area contributed by atoms with Gasteiger partial charge in [-0.25, -0.2) is 4.98 Å². The zero-order chi connectivity index (χ0) is 20.9. The number of hydrogen-bond acceptors (Lipinski definition) is 5. The van der Waals surface area contributed by atoms with Crippen LogP contribution >= 0.6 is 11.3 Å². The van der Waals surface area contributed by atoms with Gasteiger partial charge in [0.25, 0.3) is 0 Å². The number of nitrogens with one attached hydrogen (secondary N) is 1. The Bertz CT molecular complexity index is 1050. The molecule has 0 aliphatic carbocycles. The first-order valence-corrected chi connectivity index (χ1v) is 9.52. The number of benzene rings is 2. The first-order valence-electron chi connectivity index (χ1n) is 8.64. The van der Waals surface area contributed by atoms with Gasteiger partial charge in [-0.15, -0.1) is 11.3 Å². The molecule has 1 heterocycles. The molecule has 2 aromatic carbocycles. The summed E-state index contributed by atoms with van der Waals surface area (Å²) in [5.74, 6) is 0.759. The predicted molar refractivity (Wildman–Crippen MR) is 107 cm³/mol. The van der Waals surface area contributed by atoms with Gasteiger partial charge in [-0.3, -0.25) is 0 Å². The van der Waals surface area contributed by atoms with Crippen LogP contribution in [0.4, 0.5) is 18.9 Å². The molecule has 0 atom stereocenters. The van der Waals surface area contributed by atoms with E-state index < -0.39 is 11.7 Å². The number of ether oxygens (including phenoxy) is 1. The van der Waals surface area contributed by atoms with Crippen LogP contribution < -0.4 is 10.1 Å². The number of nitriles is 1. The number of alkyl halides is 3. The molecule has 0 spiro atoms. The molecule has 0 saturated carbocycles. The van der Waals surface area contributed by atoms with Crippen molar-refractivity contribution >= 4 is 22.6 Å². The minimum Gasteiger partial charge on any atom is -0.494 e. The summed E-state index contributed by atoms with van der Waals surface area (Å²) in [7, 11) is 0. The van der Waals surface area contributed by atoms with Gasteiger partial charge >= 0.3 is 6.18 Å². The zero-order valence-corrected chi connectivity index (χ0v) is 16.1. The summed E-state index contributed by atoms with van der Waals surface area (Å²) in [6.07, 6.45) is -3.07. The summed E-state index contributed by atoms with van der Waals surface area (Å²) in [5, 5.41) is 14.5. The maximum atomic E-state index is 12.8. The van der Waals surface area contributed by atoms with E-state index in [4.69, 9.17) is 4.74 Å². The number of thiazole rings is 1. The lowest BCUT2D eigenvalue weighted by Crippen LogP contribution is -2.05. The zero-order valence-electron chi connectivity index (χ0n) is 15.3. The summed E-state index contributed by atoms with van der Waals surface area (Å²) in [4.78, 5) is 4.46. The summed E-state index contributed by atoms with van der Waals surface area (Å²) < 4.78 is 43.9. The number of allylic oxidation sites excluding steroid dienone is 1. The van der Waals surface area contributed by atoms with Gasteiger partial charge in [-0.05, 0) is 49.4 Å². The van der Waals surface area contributed by atoms with Gasteiger partial charge in [0.2, 0.25) is 0 Å². The number of aromatic nitrogens is 1. The molecule has 0 aliphatic rings. The van der Waals surface area contributed by atoms with E-state index in [1.807, 2.05) is 42.6 Å². The molecule has 1 aromatic heterocycles. The van der Waals surface area contributed by atoms with Crippen molar-refractivity contribution in [2.45, 2.75) is 13.1 Å². The van der Waals surface area contributed by atoms with E-state index in [9.17, 15) is 18.4 Å². The van der Waals surface area contributed by atoms with E-state index in [0.717, 1.165) is 23.4 Å². The number of rotatable bonds is 6. The Morgan fingerprint density at radius 1 is 1.24 bits per heavy atom. The van der Waals surface area contributed by atoms with Gasteiger partial charge in [0.15, 0.2) is 0 Å². The maximum Gasteiger partial charge on any atom is 0.416 e. The average Bonchev–Trinajstić information content (AvgIpc) is 3.19. The molecule has 0 unspecified atom stereocenters. The fourth-order valence-electron chi connectivity index (χ4n) is 2.50. The third kappa shape index (κ3) is 5.15. The average molecular weight is 415 g/mol. The molecule has 8 heteroatoms. The van der Waals surface area contributed by atoms with Gasteiger partial charge < -0.3 is 10.1 Å². The van der Waals surface area contributed by atoms with Crippen LogP contribution in [0.15, 0.2) is 60.1 Å². The fourth-order valence-corrected chi connectivity index (χ4v) is 3.30.